The van der Waals surface area contributed by atoms with Crippen LogP contribution in [-0.2, 0) is 10.3 Å². The molecule has 4 heteroatoms. The van der Waals surface area contributed by atoms with Crippen molar-refractivity contribution in [1.82, 2.24) is 5.32 Å². The van der Waals surface area contributed by atoms with E-state index in [2.05, 4.69) is 5.32 Å². The molecule has 1 fully saturated rings. The minimum atomic E-state index is -1.03. The van der Waals surface area contributed by atoms with Crippen LogP contribution in [0.3, 0.4) is 0 Å². The molecular weight excluding hydrogens is 230 g/mol. The Balaban J connectivity index is 2.17. The number of hydrogen-bond donors (Lipinski definition) is 2. The van der Waals surface area contributed by atoms with Gasteiger partial charge in [-0.1, -0.05) is 12.1 Å². The first-order chi connectivity index (χ1) is 8.56. The van der Waals surface area contributed by atoms with Crippen molar-refractivity contribution in [2.24, 2.45) is 5.92 Å². The molecule has 0 radical (unpaired) electrons. The molecule has 0 saturated heterocycles. The SMILES string of the molecule is COc1ccc(C(C)(NCC2CC2)C(=O)O)cc1. The molecule has 0 amide bonds. The largest absolute Gasteiger partial charge is 0.497 e. The molecule has 2 rings (SSSR count). The van der Waals surface area contributed by atoms with E-state index in [1.165, 1.54) is 12.8 Å². The van der Waals surface area contributed by atoms with E-state index in [0.29, 0.717) is 5.92 Å². The van der Waals surface area contributed by atoms with E-state index in [-0.39, 0.29) is 0 Å². The average molecular weight is 249 g/mol. The maximum atomic E-state index is 11.5. The molecule has 0 aliphatic heterocycles. The van der Waals surface area contributed by atoms with Gasteiger partial charge >= 0.3 is 5.97 Å². The van der Waals surface area contributed by atoms with E-state index < -0.39 is 11.5 Å². The first-order valence-corrected chi connectivity index (χ1v) is 6.19. The number of benzene rings is 1. The standard InChI is InChI=1S/C14H19NO3/c1-14(13(16)17,15-9-10-3-4-10)11-5-7-12(18-2)8-6-11/h5-8,10,15H,3-4,9H2,1-2H3,(H,16,17). The summed E-state index contributed by atoms with van der Waals surface area (Å²) in [5.74, 6) is 0.518. The van der Waals surface area contributed by atoms with Gasteiger partial charge in [-0.25, -0.2) is 4.79 Å². The third-order valence-electron chi connectivity index (χ3n) is 3.54. The minimum Gasteiger partial charge on any atom is -0.497 e. The molecule has 0 spiro atoms. The van der Waals surface area contributed by atoms with Crippen LogP contribution in [-0.4, -0.2) is 24.7 Å². The molecular formula is C14H19NO3. The molecule has 0 aromatic heterocycles. The van der Waals surface area contributed by atoms with Crippen molar-refractivity contribution in [3.05, 3.63) is 29.8 Å². The Bertz CT molecular complexity index is 425. The fourth-order valence-electron chi connectivity index (χ4n) is 1.90. The number of rotatable bonds is 6. The van der Waals surface area contributed by atoms with E-state index in [4.69, 9.17) is 4.74 Å². The molecule has 4 nitrogen and oxygen atoms in total. The van der Waals surface area contributed by atoms with E-state index in [9.17, 15) is 9.90 Å². The zero-order valence-electron chi connectivity index (χ0n) is 10.8. The van der Waals surface area contributed by atoms with Crippen LogP contribution in [0.2, 0.25) is 0 Å². The number of hydrogen-bond acceptors (Lipinski definition) is 3. The van der Waals surface area contributed by atoms with Gasteiger partial charge in [0.1, 0.15) is 11.3 Å². The molecule has 1 saturated carbocycles. The maximum absolute atomic E-state index is 11.5. The maximum Gasteiger partial charge on any atom is 0.328 e. The van der Waals surface area contributed by atoms with Gasteiger partial charge in [-0.3, -0.25) is 5.32 Å². The van der Waals surface area contributed by atoms with E-state index in [1.54, 1.807) is 38.3 Å². The summed E-state index contributed by atoms with van der Waals surface area (Å²) in [6.45, 7) is 2.47. The van der Waals surface area contributed by atoms with Crippen LogP contribution in [0.1, 0.15) is 25.3 Å². The summed E-state index contributed by atoms with van der Waals surface area (Å²) < 4.78 is 5.08. The van der Waals surface area contributed by atoms with Crippen molar-refractivity contribution in [2.75, 3.05) is 13.7 Å². The molecule has 0 heterocycles. The van der Waals surface area contributed by atoms with Crippen LogP contribution >= 0.6 is 0 Å². The second-order valence-corrected chi connectivity index (χ2v) is 4.98. The van der Waals surface area contributed by atoms with Gasteiger partial charge in [0.2, 0.25) is 0 Å². The van der Waals surface area contributed by atoms with Gasteiger partial charge in [-0.2, -0.15) is 0 Å². The van der Waals surface area contributed by atoms with Gasteiger partial charge in [0, 0.05) is 0 Å². The molecule has 0 bridgehead atoms. The number of carboxylic acid groups (broad SMARTS) is 1. The third kappa shape index (κ3) is 2.64. The highest BCUT2D eigenvalue weighted by molar-refractivity contribution is 5.80. The second kappa shape index (κ2) is 4.98. The first-order valence-electron chi connectivity index (χ1n) is 6.19. The fraction of sp³-hybridized carbons (Fsp3) is 0.500. The van der Waals surface area contributed by atoms with Crippen LogP contribution in [0.25, 0.3) is 0 Å². The molecule has 1 aliphatic rings. The number of carboxylic acids is 1. The van der Waals surface area contributed by atoms with Crippen molar-refractivity contribution in [1.29, 1.82) is 0 Å². The number of nitrogens with one attached hydrogen (secondary N) is 1. The lowest BCUT2D eigenvalue weighted by Gasteiger charge is -2.27. The second-order valence-electron chi connectivity index (χ2n) is 4.98. The Hall–Kier alpha value is -1.55. The smallest absolute Gasteiger partial charge is 0.328 e. The van der Waals surface area contributed by atoms with E-state index in [0.717, 1.165) is 17.9 Å². The lowest BCUT2D eigenvalue weighted by molar-refractivity contribution is -0.144. The van der Waals surface area contributed by atoms with Crippen molar-refractivity contribution in [3.63, 3.8) is 0 Å². The monoisotopic (exact) mass is 249 g/mol. The average Bonchev–Trinajstić information content (AvgIpc) is 3.20. The molecule has 1 aliphatic carbocycles. The Morgan fingerprint density at radius 2 is 2.06 bits per heavy atom. The molecule has 1 atom stereocenters. The summed E-state index contributed by atoms with van der Waals surface area (Å²) in [6, 6.07) is 7.17. The molecule has 2 N–H and O–H groups in total. The van der Waals surface area contributed by atoms with Crippen LogP contribution in [0.5, 0.6) is 5.75 Å². The van der Waals surface area contributed by atoms with Gasteiger partial charge in [0.15, 0.2) is 0 Å². The molecule has 1 unspecified atom stereocenters. The summed E-state index contributed by atoms with van der Waals surface area (Å²) in [7, 11) is 1.59. The van der Waals surface area contributed by atoms with Crippen LogP contribution in [0, 0.1) is 5.92 Å². The first kappa shape index (κ1) is 12.9. The van der Waals surface area contributed by atoms with Crippen molar-refractivity contribution >= 4 is 5.97 Å². The topological polar surface area (TPSA) is 58.6 Å². The van der Waals surface area contributed by atoms with Crippen molar-refractivity contribution < 1.29 is 14.6 Å². The third-order valence-corrected chi connectivity index (χ3v) is 3.54. The molecule has 18 heavy (non-hydrogen) atoms. The van der Waals surface area contributed by atoms with Crippen LogP contribution in [0.15, 0.2) is 24.3 Å². The lowest BCUT2D eigenvalue weighted by Crippen LogP contribution is -2.47. The molecule has 1 aromatic rings. The predicted molar refractivity (Wildman–Crippen MR) is 68.7 cm³/mol. The number of methoxy groups -OCH3 is 1. The zero-order valence-corrected chi connectivity index (χ0v) is 10.8. The summed E-state index contributed by atoms with van der Waals surface area (Å²) in [4.78, 5) is 11.5. The minimum absolute atomic E-state index is 0.641. The number of ether oxygens (including phenoxy) is 1. The van der Waals surface area contributed by atoms with E-state index in [1.807, 2.05) is 0 Å². The van der Waals surface area contributed by atoms with Gasteiger partial charge in [-0.05, 0) is 49.9 Å². The summed E-state index contributed by atoms with van der Waals surface area (Å²) in [6.07, 6.45) is 2.40. The Morgan fingerprint density at radius 3 is 2.50 bits per heavy atom. The van der Waals surface area contributed by atoms with Gasteiger partial charge in [0.05, 0.1) is 7.11 Å². The predicted octanol–water partition coefficient (Wildman–Crippen LogP) is 1.99. The van der Waals surface area contributed by atoms with Crippen LogP contribution < -0.4 is 10.1 Å². The Morgan fingerprint density at radius 1 is 1.44 bits per heavy atom. The van der Waals surface area contributed by atoms with Gasteiger partial charge in [0.25, 0.3) is 0 Å². The quantitative estimate of drug-likeness (QED) is 0.809. The lowest BCUT2D eigenvalue weighted by atomic mass is 9.92. The van der Waals surface area contributed by atoms with Gasteiger partial charge in [-0.15, -0.1) is 0 Å². The normalized spacial score (nSPS) is 18.1. The highest BCUT2D eigenvalue weighted by Gasteiger charge is 2.36. The number of carbonyl (C=O) groups is 1. The zero-order chi connectivity index (χ0) is 13.2. The van der Waals surface area contributed by atoms with E-state index >= 15 is 0 Å². The molecule has 1 aromatic carbocycles. The molecule has 98 valence electrons. The Kier molecular flexibility index (Phi) is 3.57. The summed E-state index contributed by atoms with van der Waals surface area (Å²) in [5, 5.41) is 12.6. The van der Waals surface area contributed by atoms with Gasteiger partial charge < -0.3 is 9.84 Å². The fourth-order valence-corrected chi connectivity index (χ4v) is 1.90. The highest BCUT2D eigenvalue weighted by Crippen LogP contribution is 2.30. The Labute approximate surface area is 107 Å². The van der Waals surface area contributed by atoms with Crippen molar-refractivity contribution in [3.8, 4) is 5.75 Å². The summed E-state index contributed by atoms with van der Waals surface area (Å²) in [5.41, 5.74) is -0.286. The van der Waals surface area contributed by atoms with Crippen molar-refractivity contribution in [2.45, 2.75) is 25.3 Å². The highest BCUT2D eigenvalue weighted by atomic mass is 16.5. The van der Waals surface area contributed by atoms with Crippen LogP contribution in [0.4, 0.5) is 0 Å². The summed E-state index contributed by atoms with van der Waals surface area (Å²) >= 11 is 0. The number of aliphatic carboxylic acids is 1.